The molecule has 0 saturated carbocycles. The maximum absolute atomic E-state index is 14.1. The Morgan fingerprint density at radius 1 is 1.19 bits per heavy atom. The summed E-state index contributed by atoms with van der Waals surface area (Å²) in [6.45, 7) is 3.85. The number of aryl methyl sites for hydroxylation is 1. The van der Waals surface area contributed by atoms with Crippen molar-refractivity contribution in [3.8, 4) is 5.75 Å². The minimum absolute atomic E-state index is 0.235. The molecule has 2 aromatic rings. The molecule has 0 saturated heterocycles. The van der Waals surface area contributed by atoms with Crippen molar-refractivity contribution in [3.63, 3.8) is 0 Å². The Morgan fingerprint density at radius 2 is 1.95 bits per heavy atom. The van der Waals surface area contributed by atoms with Crippen LogP contribution in [0.2, 0.25) is 5.02 Å². The second-order valence-corrected chi connectivity index (χ2v) is 5.51. The van der Waals surface area contributed by atoms with Crippen molar-refractivity contribution < 1.29 is 9.13 Å². The second kappa shape index (κ2) is 6.92. The third kappa shape index (κ3) is 3.96. The number of rotatable bonds is 5. The lowest BCUT2D eigenvalue weighted by Gasteiger charge is -2.25. The van der Waals surface area contributed by atoms with E-state index in [-0.39, 0.29) is 18.0 Å². The lowest BCUT2D eigenvalue weighted by molar-refractivity contribution is 0.173. The van der Waals surface area contributed by atoms with Crippen LogP contribution in [0.3, 0.4) is 0 Å². The van der Waals surface area contributed by atoms with Gasteiger partial charge in [-0.25, -0.2) is 4.39 Å². The minimum Gasteiger partial charge on any atom is -0.489 e. The molecular weight excluding hydrogens is 289 g/mol. The summed E-state index contributed by atoms with van der Waals surface area (Å²) >= 11 is 5.95. The number of halogens is 2. The molecule has 0 fully saturated rings. The fourth-order valence-corrected chi connectivity index (χ4v) is 2.55. The number of likely N-dealkylation sites (N-methyl/N-ethyl adjacent to an activating group) is 1. The molecule has 2 atom stereocenters. The average Bonchev–Trinajstić information content (AvgIpc) is 2.43. The number of ether oxygens (including phenoxy) is 1. The fraction of sp³-hybridized carbons (Fsp3) is 0.294. The van der Waals surface area contributed by atoms with E-state index in [1.54, 1.807) is 25.2 Å². The van der Waals surface area contributed by atoms with Crippen LogP contribution in [0.5, 0.6) is 5.75 Å². The topological polar surface area (TPSA) is 21.3 Å². The van der Waals surface area contributed by atoms with Gasteiger partial charge in [0, 0.05) is 10.6 Å². The molecule has 1 N–H and O–H groups in total. The molecule has 21 heavy (non-hydrogen) atoms. The van der Waals surface area contributed by atoms with Gasteiger partial charge in [0.25, 0.3) is 0 Å². The van der Waals surface area contributed by atoms with Crippen molar-refractivity contribution in [3.05, 3.63) is 64.4 Å². The standard InChI is InChI=1S/C17H19ClFNO/c1-11-7-8-16(19)15(9-11)17(20-3)12(2)21-14-6-4-5-13(18)10-14/h4-10,12,17,20H,1-3H3. The highest BCUT2D eigenvalue weighted by atomic mass is 35.5. The first-order valence-corrected chi connectivity index (χ1v) is 7.24. The van der Waals surface area contributed by atoms with Crippen LogP contribution in [0.4, 0.5) is 4.39 Å². The van der Waals surface area contributed by atoms with E-state index in [4.69, 9.17) is 16.3 Å². The summed E-state index contributed by atoms with van der Waals surface area (Å²) in [5.74, 6) is 0.435. The van der Waals surface area contributed by atoms with Gasteiger partial charge in [0.2, 0.25) is 0 Å². The van der Waals surface area contributed by atoms with Crippen LogP contribution < -0.4 is 10.1 Å². The number of hydrogen-bond acceptors (Lipinski definition) is 2. The maximum atomic E-state index is 14.1. The van der Waals surface area contributed by atoms with Crippen LogP contribution in [0.15, 0.2) is 42.5 Å². The highest BCUT2D eigenvalue weighted by Crippen LogP contribution is 2.26. The van der Waals surface area contributed by atoms with E-state index in [0.717, 1.165) is 5.56 Å². The SMILES string of the molecule is CNC(c1cc(C)ccc1F)C(C)Oc1cccc(Cl)c1. The van der Waals surface area contributed by atoms with Crippen LogP contribution >= 0.6 is 11.6 Å². The van der Waals surface area contributed by atoms with Crippen molar-refractivity contribution in [2.75, 3.05) is 7.05 Å². The molecule has 0 heterocycles. The zero-order valence-electron chi connectivity index (χ0n) is 12.4. The van der Waals surface area contributed by atoms with Gasteiger partial charge < -0.3 is 10.1 Å². The first-order valence-electron chi connectivity index (χ1n) is 6.87. The number of hydrogen-bond donors (Lipinski definition) is 1. The molecule has 112 valence electrons. The summed E-state index contributed by atoms with van der Waals surface area (Å²) in [4.78, 5) is 0. The third-order valence-electron chi connectivity index (χ3n) is 3.39. The lowest BCUT2D eigenvalue weighted by Crippen LogP contribution is -2.32. The molecule has 0 aliphatic carbocycles. The summed E-state index contributed by atoms with van der Waals surface area (Å²) in [7, 11) is 1.80. The predicted molar refractivity (Wildman–Crippen MR) is 84.5 cm³/mol. The van der Waals surface area contributed by atoms with Gasteiger partial charge in [0.15, 0.2) is 0 Å². The summed E-state index contributed by atoms with van der Waals surface area (Å²) in [5, 5.41) is 3.74. The molecule has 0 aliphatic rings. The van der Waals surface area contributed by atoms with Crippen molar-refractivity contribution in [2.24, 2.45) is 0 Å². The molecule has 0 radical (unpaired) electrons. The summed E-state index contributed by atoms with van der Waals surface area (Å²) in [6, 6.07) is 12.0. The molecule has 0 spiro atoms. The normalized spacial score (nSPS) is 13.8. The fourth-order valence-electron chi connectivity index (χ4n) is 2.37. The van der Waals surface area contributed by atoms with Gasteiger partial charge >= 0.3 is 0 Å². The smallest absolute Gasteiger partial charge is 0.128 e. The van der Waals surface area contributed by atoms with Crippen LogP contribution in [0, 0.1) is 12.7 Å². The number of benzene rings is 2. The predicted octanol–water partition coefficient (Wildman–Crippen LogP) is 4.52. The molecule has 0 aromatic heterocycles. The van der Waals surface area contributed by atoms with Crippen LogP contribution in [0.25, 0.3) is 0 Å². The Labute approximate surface area is 129 Å². The van der Waals surface area contributed by atoms with E-state index in [9.17, 15) is 4.39 Å². The van der Waals surface area contributed by atoms with E-state index < -0.39 is 0 Å². The lowest BCUT2D eigenvalue weighted by atomic mass is 10.00. The van der Waals surface area contributed by atoms with Gasteiger partial charge in [-0.05, 0) is 45.2 Å². The van der Waals surface area contributed by atoms with Gasteiger partial charge in [0.1, 0.15) is 17.7 Å². The average molecular weight is 308 g/mol. The van der Waals surface area contributed by atoms with Crippen molar-refractivity contribution in [2.45, 2.75) is 26.0 Å². The van der Waals surface area contributed by atoms with E-state index >= 15 is 0 Å². The first-order chi connectivity index (χ1) is 10.0. The highest BCUT2D eigenvalue weighted by Gasteiger charge is 2.22. The molecule has 0 aliphatic heterocycles. The highest BCUT2D eigenvalue weighted by molar-refractivity contribution is 6.30. The quantitative estimate of drug-likeness (QED) is 0.877. The Morgan fingerprint density at radius 3 is 2.62 bits per heavy atom. The van der Waals surface area contributed by atoms with Gasteiger partial charge in [-0.1, -0.05) is 35.4 Å². The molecule has 2 unspecified atom stereocenters. The van der Waals surface area contributed by atoms with Crippen molar-refractivity contribution in [1.29, 1.82) is 0 Å². The summed E-state index contributed by atoms with van der Waals surface area (Å²) in [5.41, 5.74) is 1.62. The largest absolute Gasteiger partial charge is 0.489 e. The molecule has 2 nitrogen and oxygen atoms in total. The molecule has 2 rings (SSSR count). The van der Waals surface area contributed by atoms with Crippen LogP contribution in [-0.4, -0.2) is 13.2 Å². The Hall–Kier alpha value is -1.58. The van der Waals surface area contributed by atoms with Crippen LogP contribution in [0.1, 0.15) is 24.1 Å². The molecule has 4 heteroatoms. The molecule has 2 aromatic carbocycles. The van der Waals surface area contributed by atoms with E-state index in [1.807, 2.05) is 32.0 Å². The minimum atomic E-state index is -0.246. The van der Waals surface area contributed by atoms with Crippen molar-refractivity contribution >= 4 is 11.6 Å². The maximum Gasteiger partial charge on any atom is 0.128 e. The molecule has 0 amide bonds. The monoisotopic (exact) mass is 307 g/mol. The zero-order valence-corrected chi connectivity index (χ0v) is 13.1. The van der Waals surface area contributed by atoms with Gasteiger partial charge in [-0.15, -0.1) is 0 Å². The van der Waals surface area contributed by atoms with Crippen LogP contribution in [-0.2, 0) is 0 Å². The van der Waals surface area contributed by atoms with Crippen molar-refractivity contribution in [1.82, 2.24) is 5.32 Å². The second-order valence-electron chi connectivity index (χ2n) is 5.07. The zero-order chi connectivity index (χ0) is 15.4. The molecule has 0 bridgehead atoms. The molecular formula is C17H19ClFNO. The summed E-state index contributed by atoms with van der Waals surface area (Å²) < 4.78 is 19.9. The summed E-state index contributed by atoms with van der Waals surface area (Å²) in [6.07, 6.45) is -0.246. The first kappa shape index (κ1) is 15.8. The van der Waals surface area contributed by atoms with Gasteiger partial charge in [-0.3, -0.25) is 0 Å². The van der Waals surface area contributed by atoms with E-state index in [1.165, 1.54) is 6.07 Å². The Bertz CT molecular complexity index is 617. The van der Waals surface area contributed by atoms with Gasteiger partial charge in [0.05, 0.1) is 6.04 Å². The Balaban J connectivity index is 2.22. The van der Waals surface area contributed by atoms with E-state index in [0.29, 0.717) is 16.3 Å². The van der Waals surface area contributed by atoms with Gasteiger partial charge in [-0.2, -0.15) is 0 Å². The Kier molecular flexibility index (Phi) is 5.21. The third-order valence-corrected chi connectivity index (χ3v) is 3.62. The van der Waals surface area contributed by atoms with E-state index in [2.05, 4.69) is 5.32 Å². The number of nitrogens with one attached hydrogen (secondary N) is 1.